The molecule has 9 N–H and O–H groups in total. The number of amides is 7. The van der Waals surface area contributed by atoms with Crippen molar-refractivity contribution in [1.29, 1.82) is 0 Å². The highest BCUT2D eigenvalue weighted by atomic mass is 16.8. The number of nitrogens with two attached hydrogens (primary N) is 1. The van der Waals surface area contributed by atoms with Gasteiger partial charge in [-0.05, 0) is 85.4 Å². The van der Waals surface area contributed by atoms with E-state index >= 15 is 0 Å². The second kappa shape index (κ2) is 31.7. The number of nitrogens with zero attached hydrogens (tertiary/aromatic N) is 1. The lowest BCUT2D eigenvalue weighted by Crippen LogP contribution is -2.52. The molecule has 11 atom stereocenters. The van der Waals surface area contributed by atoms with E-state index in [1.165, 1.54) is 45.6 Å². The number of hydrogen-bond acceptors (Lipinski definition) is 19. The number of aliphatic hydroxyl groups is 3. The zero-order valence-electron chi connectivity index (χ0n) is 52.6. The number of imide groups is 1. The lowest BCUT2D eigenvalue weighted by atomic mass is 9.70. The number of aliphatic hydroxyl groups excluding tert-OH is 2. The maximum Gasteiger partial charge on any atom is 0.407 e. The highest BCUT2D eigenvalue weighted by Gasteiger charge is 2.78. The monoisotopic (exact) mass is 1280 g/mol. The van der Waals surface area contributed by atoms with Crippen molar-refractivity contribution in [2.45, 2.75) is 146 Å². The van der Waals surface area contributed by atoms with Gasteiger partial charge >= 0.3 is 12.1 Å². The number of anilines is 1. The molecule has 92 heavy (non-hydrogen) atoms. The number of nitrogens with one attached hydrogen (secondary N) is 4. The third-order valence-corrected chi connectivity index (χ3v) is 17.2. The summed E-state index contributed by atoms with van der Waals surface area (Å²) in [4.78, 5) is 105. The molecule has 3 aliphatic heterocycles. The zero-order chi connectivity index (χ0) is 66.3. The predicted molar refractivity (Wildman–Crippen MR) is 332 cm³/mol. The van der Waals surface area contributed by atoms with Gasteiger partial charge in [-0.1, -0.05) is 81.8 Å². The normalized spacial score (nSPS) is 23.1. The molecule has 3 heterocycles. The van der Waals surface area contributed by atoms with Crippen molar-refractivity contribution in [1.82, 2.24) is 20.9 Å². The maximum atomic E-state index is 14.9. The molecular weight excluding hydrogens is 1190 g/mol. The molecule has 2 fully saturated rings. The van der Waals surface area contributed by atoms with Gasteiger partial charge in [0.2, 0.25) is 18.1 Å². The number of hydrogen-bond donors (Lipinski definition) is 8. The average molecular weight is 1280 g/mol. The van der Waals surface area contributed by atoms with Crippen molar-refractivity contribution in [3.63, 3.8) is 0 Å². The molecule has 25 nitrogen and oxygen atoms in total. The summed E-state index contributed by atoms with van der Waals surface area (Å²) in [6, 6.07) is 23.7. The highest BCUT2D eigenvalue weighted by Crippen LogP contribution is 2.70. The third kappa shape index (κ3) is 15.9. The molecule has 0 radical (unpaired) electrons. The van der Waals surface area contributed by atoms with Crippen molar-refractivity contribution < 1.29 is 91.6 Å². The van der Waals surface area contributed by atoms with Crippen molar-refractivity contribution in [2.24, 2.45) is 23.5 Å². The van der Waals surface area contributed by atoms with Crippen LogP contribution in [0, 0.1) is 17.8 Å². The standard InChI is InChI=1S/C67H84N6O19/c1-7-47(74)52-38-88-62(87-6)63(91-52)90-46-35-50(86-5)58-51(36-46)92-67(43-23-27-45(85-4)28-24-43)57(41-16-10-8-11-17-41)56(60(80)66(58,67)84)48(75)19-15-32-70-65(83)89-37-40-21-25-44(26-22-40)71-61(81)42(18-14-31-69-64(68)82)34-49(76)59(39(2)3)72-53(77)20-12-9-13-33-73-54(78)29-30-55(73)79/h8,10-11,16-17,21-30,35-36,39,42,47,52,56-57,59-60,62-63,74,80,84H,7,9,12-15,18-20,31-34,37-38H2,1-6H3,(H,70,83)(H,71,81)(H,72,77)(H3,68,69,82)/t42-,47-,52-,56-,57-,59+,60-,62-,63-,66+,67+/m1/s1. The average Bonchev–Trinajstić information content (AvgIpc) is 1.49. The zero-order valence-corrected chi connectivity index (χ0v) is 52.6. The van der Waals surface area contributed by atoms with Crippen LogP contribution in [0.5, 0.6) is 23.0 Å². The number of rotatable bonds is 33. The quantitative estimate of drug-likeness (QED) is 0.0210. The van der Waals surface area contributed by atoms with Gasteiger partial charge in [-0.2, -0.15) is 0 Å². The molecule has 496 valence electrons. The number of carbonyl (C=O) groups is 8. The van der Waals surface area contributed by atoms with Gasteiger partial charge in [0, 0.05) is 87.8 Å². The number of unbranched alkanes of at least 4 members (excludes halogenated alkanes) is 2. The second-order valence-electron chi connectivity index (χ2n) is 23.6. The van der Waals surface area contributed by atoms with Gasteiger partial charge < -0.3 is 80.2 Å². The first-order valence-corrected chi connectivity index (χ1v) is 31.1. The number of urea groups is 1. The van der Waals surface area contributed by atoms with E-state index in [2.05, 4.69) is 21.3 Å². The first-order chi connectivity index (χ1) is 44.2. The van der Waals surface area contributed by atoms with Crippen LogP contribution >= 0.6 is 0 Å². The smallest absolute Gasteiger partial charge is 0.407 e. The van der Waals surface area contributed by atoms with E-state index in [0.29, 0.717) is 60.2 Å². The molecule has 8 rings (SSSR count). The van der Waals surface area contributed by atoms with Crippen LogP contribution in [0.2, 0.25) is 0 Å². The summed E-state index contributed by atoms with van der Waals surface area (Å²) in [7, 11) is 4.32. The second-order valence-corrected chi connectivity index (χ2v) is 23.6. The summed E-state index contributed by atoms with van der Waals surface area (Å²) in [5, 5.41) is 47.9. The molecule has 0 spiro atoms. The predicted octanol–water partition coefficient (Wildman–Crippen LogP) is 5.68. The van der Waals surface area contributed by atoms with Crippen molar-refractivity contribution in [2.75, 3.05) is 52.9 Å². The van der Waals surface area contributed by atoms with E-state index in [1.54, 1.807) is 92.7 Å². The van der Waals surface area contributed by atoms with Crippen LogP contribution < -0.4 is 45.9 Å². The summed E-state index contributed by atoms with van der Waals surface area (Å²) in [5.41, 5.74) is 2.99. The van der Waals surface area contributed by atoms with E-state index in [4.69, 9.17) is 43.6 Å². The molecular formula is C67H84N6O19. The summed E-state index contributed by atoms with van der Waals surface area (Å²) in [6.07, 6.45) is -1.52. The van der Waals surface area contributed by atoms with Crippen LogP contribution in [-0.2, 0) is 65.5 Å². The fourth-order valence-corrected chi connectivity index (χ4v) is 12.5. The fourth-order valence-electron chi connectivity index (χ4n) is 12.5. The molecule has 4 aromatic rings. The van der Waals surface area contributed by atoms with Crippen LogP contribution in [0.3, 0.4) is 0 Å². The van der Waals surface area contributed by atoms with E-state index in [-0.39, 0.29) is 117 Å². The van der Waals surface area contributed by atoms with E-state index in [1.807, 2.05) is 6.92 Å². The first-order valence-electron chi connectivity index (χ1n) is 31.1. The summed E-state index contributed by atoms with van der Waals surface area (Å²) < 4.78 is 47.8. The Balaban J connectivity index is 0.885. The topological polar surface area (TPSA) is 348 Å². The van der Waals surface area contributed by atoms with Crippen molar-refractivity contribution in [3.05, 3.63) is 125 Å². The lowest BCUT2D eigenvalue weighted by Gasteiger charge is -2.41. The molecule has 25 heteroatoms. The van der Waals surface area contributed by atoms with Crippen LogP contribution in [-0.4, -0.2) is 152 Å². The Morgan fingerprint density at radius 3 is 2.17 bits per heavy atom. The first kappa shape index (κ1) is 69.4. The molecule has 4 aliphatic rings. The molecule has 0 unspecified atom stereocenters. The number of methoxy groups -OCH3 is 3. The van der Waals surface area contributed by atoms with Crippen LogP contribution in [0.1, 0.15) is 113 Å². The maximum absolute atomic E-state index is 14.9. The van der Waals surface area contributed by atoms with Crippen LogP contribution in [0.4, 0.5) is 15.3 Å². The number of carbonyl (C=O) groups excluding carboxylic acids is 8. The van der Waals surface area contributed by atoms with Gasteiger partial charge in [0.05, 0.1) is 44.5 Å². The number of ether oxygens (including phenoxy) is 8. The SMILES string of the molecule is CC[C@@H](O)[C@H]1CO[C@@H](OC)[C@H](Oc2cc(OC)c3c(c2)O[C@@]2(c4ccc(OC)cc4)[C@H](c4ccccc4)[C@@H](C(=O)CCCNC(=O)OCc4ccc(NC(=O)[C@H](CCCNC(N)=O)CC(=O)[C@@H](NC(=O)CCCCCN5C(=O)C=CC5=O)C(C)C)cc4)[C@@H](O)[C@@]32O)O1. The van der Waals surface area contributed by atoms with E-state index < -0.39 is 89.7 Å². The molecule has 1 saturated carbocycles. The molecule has 1 saturated heterocycles. The molecule has 1 aliphatic carbocycles. The Morgan fingerprint density at radius 1 is 0.815 bits per heavy atom. The number of fused-ring (bicyclic) bond motifs is 3. The molecule has 4 aromatic carbocycles. The Hall–Kier alpha value is -8.46. The van der Waals surface area contributed by atoms with Crippen molar-refractivity contribution in [3.8, 4) is 23.0 Å². The Morgan fingerprint density at radius 2 is 1.52 bits per heavy atom. The number of primary amides is 1. The Labute approximate surface area is 533 Å². The van der Waals surface area contributed by atoms with Gasteiger partial charge in [0.15, 0.2) is 17.0 Å². The largest absolute Gasteiger partial charge is 0.497 e. The number of ketones is 2. The minimum absolute atomic E-state index is 0.00429. The minimum Gasteiger partial charge on any atom is -0.497 e. The Bertz CT molecular complexity index is 3260. The Kier molecular flexibility index (Phi) is 23.9. The fraction of sp³-hybridized carbons (Fsp3) is 0.493. The number of Topliss-reactive ketones (excluding diaryl/α,β-unsaturated/α-hetero) is 2. The van der Waals surface area contributed by atoms with Gasteiger partial charge in [0.25, 0.3) is 18.1 Å². The minimum atomic E-state index is -2.36. The summed E-state index contributed by atoms with van der Waals surface area (Å²) >= 11 is 0. The molecule has 0 bridgehead atoms. The van der Waals surface area contributed by atoms with Crippen molar-refractivity contribution >= 4 is 53.0 Å². The van der Waals surface area contributed by atoms with Gasteiger partial charge in [-0.25, -0.2) is 9.59 Å². The van der Waals surface area contributed by atoms with Gasteiger partial charge in [-0.3, -0.25) is 33.7 Å². The number of alkyl carbamates (subject to hydrolysis) is 1. The van der Waals surface area contributed by atoms with Crippen LogP contribution in [0.25, 0.3) is 0 Å². The lowest BCUT2D eigenvalue weighted by molar-refractivity contribution is -0.323. The number of benzene rings is 4. The summed E-state index contributed by atoms with van der Waals surface area (Å²) in [5.74, 6) is -5.03. The third-order valence-electron chi connectivity index (χ3n) is 17.2. The van der Waals surface area contributed by atoms with Crippen LogP contribution in [0.15, 0.2) is 103 Å². The van der Waals surface area contributed by atoms with Gasteiger partial charge in [-0.15, -0.1) is 0 Å². The summed E-state index contributed by atoms with van der Waals surface area (Å²) in [6.45, 7) is 5.67. The molecule has 0 aromatic heterocycles. The van der Waals surface area contributed by atoms with E-state index in [0.717, 1.165) is 4.90 Å². The van der Waals surface area contributed by atoms with E-state index in [9.17, 15) is 53.7 Å². The van der Waals surface area contributed by atoms with Gasteiger partial charge in [0.1, 0.15) is 47.6 Å². The highest BCUT2D eigenvalue weighted by molar-refractivity contribution is 6.12. The molecule has 7 amide bonds.